The molecule has 0 saturated carbocycles. The Bertz CT molecular complexity index is 374. The Morgan fingerprint density at radius 2 is 2.21 bits per heavy atom. The number of carbonyl (C=O) groups excluding carboxylic acids is 1. The van der Waals surface area contributed by atoms with Crippen LogP contribution < -0.4 is 5.56 Å². The van der Waals surface area contributed by atoms with Crippen molar-refractivity contribution in [2.45, 2.75) is 18.9 Å². The number of aldehydes is 1. The summed E-state index contributed by atoms with van der Waals surface area (Å²) in [6.07, 6.45) is 2.29. The monoisotopic (exact) mass is 196 g/mol. The average Bonchev–Trinajstić information content (AvgIpc) is 2.61. The van der Waals surface area contributed by atoms with Gasteiger partial charge in [0.2, 0.25) is 0 Å². The average molecular weight is 196 g/mol. The second-order valence-corrected chi connectivity index (χ2v) is 3.38. The largest absolute Gasteiger partial charge is 0.381 e. The van der Waals surface area contributed by atoms with Crippen LogP contribution in [0.3, 0.4) is 0 Å². The van der Waals surface area contributed by atoms with Crippen LogP contribution in [-0.4, -0.2) is 29.3 Å². The van der Waals surface area contributed by atoms with Crippen molar-refractivity contribution < 1.29 is 9.53 Å². The van der Waals surface area contributed by atoms with Crippen molar-refractivity contribution >= 4 is 6.29 Å². The number of ether oxygens (including phenoxy) is 1. The van der Waals surface area contributed by atoms with Gasteiger partial charge in [-0.2, -0.15) is 0 Å². The zero-order chi connectivity index (χ0) is 9.97. The van der Waals surface area contributed by atoms with Crippen LogP contribution in [0, 0.1) is 0 Å². The van der Waals surface area contributed by atoms with Crippen molar-refractivity contribution in [3.8, 4) is 0 Å². The second-order valence-electron chi connectivity index (χ2n) is 3.38. The molecule has 0 aliphatic carbocycles. The molecule has 0 amide bonds. The van der Waals surface area contributed by atoms with Crippen LogP contribution in [0.25, 0.3) is 0 Å². The third kappa shape index (κ3) is 1.63. The summed E-state index contributed by atoms with van der Waals surface area (Å²) < 4.78 is 6.72. The van der Waals surface area contributed by atoms with E-state index in [1.54, 1.807) is 0 Å². The summed E-state index contributed by atoms with van der Waals surface area (Å²) in [6, 6.07) is 1.47. The zero-order valence-corrected chi connectivity index (χ0v) is 7.73. The predicted molar refractivity (Wildman–Crippen MR) is 49.5 cm³/mol. The summed E-state index contributed by atoms with van der Waals surface area (Å²) in [4.78, 5) is 21.9. The molecule has 1 aliphatic heterocycles. The summed E-state index contributed by atoms with van der Waals surface area (Å²) >= 11 is 0. The molecule has 0 aromatic carbocycles. The summed E-state index contributed by atoms with van der Waals surface area (Å²) in [5.74, 6) is 0. The van der Waals surface area contributed by atoms with Crippen molar-refractivity contribution in [3.05, 3.63) is 22.1 Å². The SMILES string of the molecule is O=Cc1cc(=O)n(C2CCOCC2)[nH]1. The molecule has 0 bridgehead atoms. The van der Waals surface area contributed by atoms with Crippen LogP contribution in [0.4, 0.5) is 0 Å². The lowest BCUT2D eigenvalue weighted by Crippen LogP contribution is -2.27. The molecule has 5 heteroatoms. The Labute approximate surface area is 80.7 Å². The molecule has 1 aromatic rings. The maximum absolute atomic E-state index is 11.4. The van der Waals surface area contributed by atoms with E-state index in [4.69, 9.17) is 4.74 Å². The normalized spacial score (nSPS) is 18.3. The highest BCUT2D eigenvalue weighted by molar-refractivity contribution is 5.71. The lowest BCUT2D eigenvalue weighted by Gasteiger charge is -2.22. The molecule has 2 heterocycles. The van der Waals surface area contributed by atoms with Gasteiger partial charge < -0.3 is 4.74 Å². The topological polar surface area (TPSA) is 64.1 Å². The zero-order valence-electron chi connectivity index (χ0n) is 7.73. The number of nitrogens with zero attached hydrogens (tertiary/aromatic N) is 1. The van der Waals surface area contributed by atoms with Gasteiger partial charge in [-0.05, 0) is 12.8 Å². The van der Waals surface area contributed by atoms with Crippen LogP contribution in [-0.2, 0) is 4.74 Å². The van der Waals surface area contributed by atoms with Crippen LogP contribution in [0.5, 0.6) is 0 Å². The number of rotatable bonds is 2. The maximum atomic E-state index is 11.4. The molecule has 1 aliphatic rings. The molecule has 1 N–H and O–H groups in total. The van der Waals surface area contributed by atoms with E-state index in [9.17, 15) is 9.59 Å². The van der Waals surface area contributed by atoms with E-state index in [0.717, 1.165) is 12.8 Å². The summed E-state index contributed by atoms with van der Waals surface area (Å²) in [6.45, 7) is 1.35. The lowest BCUT2D eigenvalue weighted by atomic mass is 10.1. The molecular formula is C9H12N2O3. The van der Waals surface area contributed by atoms with Crippen molar-refractivity contribution in [1.82, 2.24) is 9.78 Å². The van der Waals surface area contributed by atoms with Gasteiger partial charge in [-0.3, -0.25) is 14.7 Å². The first-order valence-corrected chi connectivity index (χ1v) is 4.66. The van der Waals surface area contributed by atoms with Crippen molar-refractivity contribution in [1.29, 1.82) is 0 Å². The number of nitrogens with one attached hydrogen (secondary N) is 1. The first kappa shape index (κ1) is 9.21. The quantitative estimate of drug-likeness (QED) is 0.694. The van der Waals surface area contributed by atoms with Crippen molar-refractivity contribution in [3.63, 3.8) is 0 Å². The van der Waals surface area contributed by atoms with E-state index in [0.29, 0.717) is 25.2 Å². The van der Waals surface area contributed by atoms with Gasteiger partial charge in [0, 0.05) is 19.3 Å². The maximum Gasteiger partial charge on any atom is 0.267 e. The van der Waals surface area contributed by atoms with E-state index in [1.165, 1.54) is 10.7 Å². The summed E-state index contributed by atoms with van der Waals surface area (Å²) in [7, 11) is 0. The van der Waals surface area contributed by atoms with Crippen LogP contribution in [0.1, 0.15) is 29.4 Å². The minimum atomic E-state index is -0.140. The highest BCUT2D eigenvalue weighted by atomic mass is 16.5. The molecule has 0 spiro atoms. The van der Waals surface area contributed by atoms with Gasteiger partial charge in [-0.1, -0.05) is 0 Å². The van der Waals surface area contributed by atoms with E-state index >= 15 is 0 Å². The van der Waals surface area contributed by atoms with E-state index in [1.807, 2.05) is 0 Å². The minimum Gasteiger partial charge on any atom is -0.381 e. The van der Waals surface area contributed by atoms with Gasteiger partial charge in [0.15, 0.2) is 6.29 Å². The van der Waals surface area contributed by atoms with Gasteiger partial charge in [0.05, 0.1) is 11.7 Å². The number of H-pyrrole nitrogens is 1. The smallest absolute Gasteiger partial charge is 0.267 e. The van der Waals surface area contributed by atoms with Gasteiger partial charge in [-0.15, -0.1) is 0 Å². The van der Waals surface area contributed by atoms with Gasteiger partial charge in [0.1, 0.15) is 0 Å². The van der Waals surface area contributed by atoms with Crippen molar-refractivity contribution in [2.75, 3.05) is 13.2 Å². The molecule has 0 radical (unpaired) electrons. The van der Waals surface area contributed by atoms with Gasteiger partial charge in [0.25, 0.3) is 5.56 Å². The number of aromatic nitrogens is 2. The molecule has 5 nitrogen and oxygen atoms in total. The number of aromatic amines is 1. The van der Waals surface area contributed by atoms with E-state index < -0.39 is 0 Å². The first-order valence-electron chi connectivity index (χ1n) is 4.66. The third-order valence-electron chi connectivity index (χ3n) is 2.45. The molecule has 1 aromatic heterocycles. The lowest BCUT2D eigenvalue weighted by molar-refractivity contribution is 0.0652. The Kier molecular flexibility index (Phi) is 2.49. The second kappa shape index (κ2) is 3.79. The van der Waals surface area contributed by atoms with Crippen molar-refractivity contribution in [2.24, 2.45) is 0 Å². The van der Waals surface area contributed by atoms with Gasteiger partial charge in [-0.25, -0.2) is 4.68 Å². The van der Waals surface area contributed by atoms with Crippen LogP contribution in [0.2, 0.25) is 0 Å². The Hall–Kier alpha value is -1.36. The fourth-order valence-corrected chi connectivity index (χ4v) is 1.70. The van der Waals surface area contributed by atoms with Gasteiger partial charge >= 0.3 is 0 Å². The molecule has 1 fully saturated rings. The van der Waals surface area contributed by atoms with E-state index in [2.05, 4.69) is 5.10 Å². The Balaban J connectivity index is 2.25. The number of hydrogen-bond acceptors (Lipinski definition) is 3. The molecule has 14 heavy (non-hydrogen) atoms. The van der Waals surface area contributed by atoms with Crippen LogP contribution >= 0.6 is 0 Å². The Morgan fingerprint density at radius 3 is 2.79 bits per heavy atom. The molecular weight excluding hydrogens is 184 g/mol. The summed E-state index contributed by atoms with van der Waals surface area (Å²) in [5.41, 5.74) is 0.195. The first-order chi connectivity index (χ1) is 6.81. The molecule has 2 rings (SSSR count). The third-order valence-corrected chi connectivity index (χ3v) is 2.45. The highest BCUT2D eigenvalue weighted by Crippen LogP contribution is 2.17. The fraction of sp³-hybridized carbons (Fsp3) is 0.556. The fourth-order valence-electron chi connectivity index (χ4n) is 1.70. The standard InChI is InChI=1S/C9H12N2O3/c12-6-7-5-9(13)11(10-7)8-1-3-14-4-2-8/h5-6,8,10H,1-4H2. The number of hydrogen-bond donors (Lipinski definition) is 1. The molecule has 76 valence electrons. The highest BCUT2D eigenvalue weighted by Gasteiger charge is 2.17. The molecule has 0 atom stereocenters. The predicted octanol–water partition coefficient (Wildman–Crippen LogP) is 0.340. The van der Waals surface area contributed by atoms with Crippen LogP contribution in [0.15, 0.2) is 10.9 Å². The number of carbonyl (C=O) groups is 1. The molecule has 1 saturated heterocycles. The minimum absolute atomic E-state index is 0.140. The summed E-state index contributed by atoms with van der Waals surface area (Å²) in [5, 5.41) is 2.78. The van der Waals surface area contributed by atoms with E-state index in [-0.39, 0.29) is 11.6 Å². The molecule has 0 unspecified atom stereocenters. The Morgan fingerprint density at radius 1 is 1.50 bits per heavy atom.